The molecular formula is C27H29ClN8O2S2. The van der Waals surface area contributed by atoms with E-state index in [-0.39, 0.29) is 7.43 Å². The number of rotatable bonds is 5. The number of H-pyrrole nitrogens is 1. The number of ether oxygens (including phenoxy) is 2. The van der Waals surface area contributed by atoms with Crippen molar-refractivity contribution in [2.24, 2.45) is 0 Å². The molecule has 0 spiro atoms. The Morgan fingerprint density at radius 3 is 2.10 bits per heavy atom. The van der Waals surface area contributed by atoms with Crippen LogP contribution in [0.2, 0.25) is 5.15 Å². The summed E-state index contributed by atoms with van der Waals surface area (Å²) in [6, 6.07) is 15.1. The molecule has 40 heavy (non-hydrogen) atoms. The fourth-order valence-electron chi connectivity index (χ4n) is 3.33. The lowest BCUT2D eigenvalue weighted by atomic mass is 10.2. The number of fused-ring (bicyclic) bond motifs is 2. The van der Waals surface area contributed by atoms with Crippen LogP contribution in [0, 0.1) is 0 Å². The molecule has 0 amide bonds. The molecule has 13 heteroatoms. The molecule has 0 aliphatic rings. The maximum Gasteiger partial charge on any atom is 0.189 e. The van der Waals surface area contributed by atoms with Crippen molar-refractivity contribution in [3.63, 3.8) is 0 Å². The zero-order valence-electron chi connectivity index (χ0n) is 21.6. The van der Waals surface area contributed by atoms with Crippen LogP contribution >= 0.6 is 35.1 Å². The minimum Gasteiger partial charge on any atom is -0.497 e. The van der Waals surface area contributed by atoms with E-state index in [0.29, 0.717) is 10.3 Å². The van der Waals surface area contributed by atoms with Gasteiger partial charge in [-0.05, 0) is 55.0 Å². The van der Waals surface area contributed by atoms with Crippen LogP contribution in [0.4, 0.5) is 0 Å². The molecule has 0 saturated heterocycles. The highest BCUT2D eigenvalue weighted by atomic mass is 35.5. The quantitative estimate of drug-likeness (QED) is 0.132. The summed E-state index contributed by atoms with van der Waals surface area (Å²) < 4.78 is 12.1. The minimum atomic E-state index is 0. The topological polar surface area (TPSA) is 117 Å². The van der Waals surface area contributed by atoms with Crippen LogP contribution in [0.3, 0.4) is 0 Å². The summed E-state index contributed by atoms with van der Waals surface area (Å²) in [5.74, 6) is 2.44. The Balaban J connectivity index is 0.000000179. The number of aromatic nitrogens is 8. The van der Waals surface area contributed by atoms with Crippen molar-refractivity contribution in [2.45, 2.75) is 17.7 Å². The Kier molecular flexibility index (Phi) is 11.5. The molecule has 0 unspecified atom stereocenters. The number of halogens is 1. The molecule has 0 aliphatic heterocycles. The van der Waals surface area contributed by atoms with E-state index in [0.717, 1.165) is 44.3 Å². The average molecular weight is 597 g/mol. The summed E-state index contributed by atoms with van der Waals surface area (Å²) in [7, 11) is 3.31. The van der Waals surface area contributed by atoms with Crippen molar-refractivity contribution < 1.29 is 9.47 Å². The molecule has 0 atom stereocenters. The van der Waals surface area contributed by atoms with Gasteiger partial charge in [0.1, 0.15) is 16.7 Å². The van der Waals surface area contributed by atoms with Crippen molar-refractivity contribution in [1.29, 1.82) is 0 Å². The van der Waals surface area contributed by atoms with Crippen LogP contribution in [0.5, 0.6) is 11.5 Å². The smallest absolute Gasteiger partial charge is 0.189 e. The molecule has 6 aromatic rings. The highest BCUT2D eigenvalue weighted by Gasteiger charge is 2.08. The molecule has 1 N–H and O–H groups in total. The SMILES string of the molecule is C.COc1ccc2[nH]ncc2c1.COc1ccc2c(cnn2-c2ccnc(SC)n2)c1.CSc1nccc(Cl)n1. The fraction of sp³-hybridized carbons (Fsp3) is 0.185. The van der Waals surface area contributed by atoms with Crippen LogP contribution in [0.1, 0.15) is 7.43 Å². The van der Waals surface area contributed by atoms with E-state index in [9.17, 15) is 0 Å². The minimum absolute atomic E-state index is 0. The maximum atomic E-state index is 5.56. The Bertz CT molecular complexity index is 1660. The van der Waals surface area contributed by atoms with E-state index in [1.807, 2.05) is 55.0 Å². The van der Waals surface area contributed by atoms with Crippen LogP contribution in [0.15, 0.2) is 83.6 Å². The normalized spacial score (nSPS) is 10.1. The van der Waals surface area contributed by atoms with Crippen molar-refractivity contribution >= 4 is 56.9 Å². The lowest BCUT2D eigenvalue weighted by Gasteiger charge is -2.04. The second-order valence-corrected chi connectivity index (χ2v) is 9.51. The molecule has 2 aromatic carbocycles. The maximum absolute atomic E-state index is 5.56. The molecule has 0 radical (unpaired) electrons. The fourth-order valence-corrected chi connectivity index (χ4v) is 4.23. The molecule has 208 valence electrons. The Morgan fingerprint density at radius 1 is 0.800 bits per heavy atom. The number of aromatic amines is 1. The third-order valence-corrected chi connectivity index (χ3v) is 6.56. The van der Waals surface area contributed by atoms with Gasteiger partial charge in [0.2, 0.25) is 0 Å². The lowest BCUT2D eigenvalue weighted by molar-refractivity contribution is 0.415. The predicted molar refractivity (Wildman–Crippen MR) is 163 cm³/mol. The van der Waals surface area contributed by atoms with Gasteiger partial charge in [0.05, 0.1) is 37.6 Å². The van der Waals surface area contributed by atoms with Gasteiger partial charge in [0, 0.05) is 29.2 Å². The lowest BCUT2D eigenvalue weighted by Crippen LogP contribution is -2.00. The summed E-state index contributed by atoms with van der Waals surface area (Å²) in [4.78, 5) is 16.4. The Labute approximate surface area is 245 Å². The van der Waals surface area contributed by atoms with Crippen LogP contribution in [-0.2, 0) is 0 Å². The molecule has 4 aromatic heterocycles. The van der Waals surface area contributed by atoms with Gasteiger partial charge in [-0.25, -0.2) is 24.6 Å². The standard InChI is InChI=1S/C13H12N4OS.C8H8N2O.C5H5ClN2S.CH4/c1-18-10-3-4-11-9(7-10)8-15-17(11)12-5-6-14-13(16-12)19-2;1-11-7-2-3-8-6(4-7)5-9-10-8;1-9-5-7-3-2-4(6)8-5;/h3-8H,1-2H3;2-5H,1H3,(H,9,10);2-3H,1H3;1H4. The van der Waals surface area contributed by atoms with E-state index in [2.05, 4.69) is 35.2 Å². The summed E-state index contributed by atoms with van der Waals surface area (Å²) in [6.07, 6.45) is 10.8. The van der Waals surface area contributed by atoms with E-state index >= 15 is 0 Å². The first-order chi connectivity index (χ1) is 19.0. The van der Waals surface area contributed by atoms with Gasteiger partial charge < -0.3 is 9.47 Å². The summed E-state index contributed by atoms with van der Waals surface area (Å²) in [5, 5.41) is 15.2. The second-order valence-electron chi connectivity index (χ2n) is 7.57. The van der Waals surface area contributed by atoms with E-state index < -0.39 is 0 Å². The highest BCUT2D eigenvalue weighted by molar-refractivity contribution is 7.98. The first-order valence-corrected chi connectivity index (χ1v) is 14.3. The monoisotopic (exact) mass is 596 g/mol. The molecule has 6 rings (SSSR count). The van der Waals surface area contributed by atoms with Crippen molar-refractivity contribution in [3.8, 4) is 17.3 Å². The zero-order chi connectivity index (χ0) is 27.6. The van der Waals surface area contributed by atoms with E-state index in [1.54, 1.807) is 49.8 Å². The summed E-state index contributed by atoms with van der Waals surface area (Å²) in [6.45, 7) is 0. The van der Waals surface area contributed by atoms with E-state index in [4.69, 9.17) is 21.1 Å². The first-order valence-electron chi connectivity index (χ1n) is 11.4. The van der Waals surface area contributed by atoms with Crippen molar-refractivity contribution in [2.75, 3.05) is 26.7 Å². The van der Waals surface area contributed by atoms with Crippen molar-refractivity contribution in [3.05, 3.63) is 78.5 Å². The largest absolute Gasteiger partial charge is 0.497 e. The summed E-state index contributed by atoms with van der Waals surface area (Å²) >= 11 is 8.54. The van der Waals surface area contributed by atoms with Gasteiger partial charge in [-0.1, -0.05) is 42.6 Å². The number of thioether (sulfide) groups is 2. The Morgan fingerprint density at radius 2 is 1.45 bits per heavy atom. The van der Waals surface area contributed by atoms with Crippen LogP contribution in [-0.4, -0.2) is 66.6 Å². The molecule has 0 fully saturated rings. The number of nitrogens with one attached hydrogen (secondary N) is 1. The third kappa shape index (κ3) is 7.84. The van der Waals surface area contributed by atoms with Crippen molar-refractivity contribution in [1.82, 2.24) is 39.9 Å². The van der Waals surface area contributed by atoms with Gasteiger partial charge in [-0.2, -0.15) is 10.2 Å². The van der Waals surface area contributed by atoms with Crippen LogP contribution < -0.4 is 9.47 Å². The Hall–Kier alpha value is -3.87. The number of benzene rings is 2. The molecular weight excluding hydrogens is 568 g/mol. The second kappa shape index (κ2) is 15.1. The molecule has 0 aliphatic carbocycles. The van der Waals surface area contributed by atoms with E-state index in [1.165, 1.54) is 23.5 Å². The zero-order valence-corrected chi connectivity index (χ0v) is 24.0. The average Bonchev–Trinajstić information content (AvgIpc) is 3.64. The molecule has 4 heterocycles. The highest BCUT2D eigenvalue weighted by Crippen LogP contribution is 2.23. The van der Waals surface area contributed by atoms with Gasteiger partial charge in [-0.15, -0.1) is 0 Å². The number of hydrogen-bond donors (Lipinski definition) is 1. The molecule has 0 bridgehead atoms. The van der Waals surface area contributed by atoms with Crippen LogP contribution in [0.25, 0.3) is 27.6 Å². The van der Waals surface area contributed by atoms with Gasteiger partial charge in [0.15, 0.2) is 16.1 Å². The van der Waals surface area contributed by atoms with Gasteiger partial charge in [0.25, 0.3) is 0 Å². The number of hydrogen-bond acceptors (Lipinski definition) is 10. The van der Waals surface area contributed by atoms with Gasteiger partial charge >= 0.3 is 0 Å². The first kappa shape index (κ1) is 30.7. The predicted octanol–water partition coefficient (Wildman–Crippen LogP) is 6.61. The van der Waals surface area contributed by atoms with Gasteiger partial charge in [-0.3, -0.25) is 5.10 Å². The summed E-state index contributed by atoms with van der Waals surface area (Å²) in [5.41, 5.74) is 2.03. The number of methoxy groups -OCH3 is 2. The molecule has 0 saturated carbocycles. The molecule has 10 nitrogen and oxygen atoms in total. The third-order valence-electron chi connectivity index (χ3n) is 5.22. The number of nitrogens with zero attached hydrogens (tertiary/aromatic N) is 7.